The topological polar surface area (TPSA) is 18.5 Å². The van der Waals surface area contributed by atoms with Gasteiger partial charge in [-0.2, -0.15) is 0 Å². The van der Waals surface area contributed by atoms with Crippen LogP contribution in [0.25, 0.3) is 10.8 Å². The maximum Gasteiger partial charge on any atom is 0.0321 e. The second kappa shape index (κ2) is 6.60. The van der Waals surface area contributed by atoms with E-state index < -0.39 is 0 Å². The number of nitrogens with one attached hydrogen (secondary N) is 1. The summed E-state index contributed by atoms with van der Waals surface area (Å²) in [5, 5.41) is 6.18. The number of nitrogens with zero attached hydrogens (tertiary/aromatic N) is 2. The summed E-state index contributed by atoms with van der Waals surface area (Å²) in [6.07, 6.45) is 1.32. The molecule has 0 bridgehead atoms. The highest BCUT2D eigenvalue weighted by Crippen LogP contribution is 2.26. The van der Waals surface area contributed by atoms with E-state index >= 15 is 0 Å². The second-order valence-electron chi connectivity index (χ2n) is 7.00. The third kappa shape index (κ3) is 3.14. The molecule has 2 fully saturated rings. The van der Waals surface area contributed by atoms with Crippen molar-refractivity contribution in [2.24, 2.45) is 0 Å². The van der Waals surface area contributed by atoms with Crippen LogP contribution in [0.5, 0.6) is 0 Å². The summed E-state index contributed by atoms with van der Waals surface area (Å²) in [5.41, 5.74) is 1.44. The summed E-state index contributed by atoms with van der Waals surface area (Å²) in [4.78, 5) is 5.33. The van der Waals surface area contributed by atoms with Crippen LogP contribution in [-0.4, -0.2) is 55.1 Å². The Morgan fingerprint density at radius 3 is 2.52 bits per heavy atom. The van der Waals surface area contributed by atoms with Crippen LogP contribution < -0.4 is 5.32 Å². The number of rotatable bonds is 3. The molecule has 4 rings (SSSR count). The first kappa shape index (κ1) is 15.1. The molecule has 3 heteroatoms. The lowest BCUT2D eigenvalue weighted by Gasteiger charge is -2.40. The molecule has 0 saturated carbocycles. The van der Waals surface area contributed by atoms with Gasteiger partial charge in [0, 0.05) is 44.8 Å². The first-order valence-corrected chi connectivity index (χ1v) is 8.99. The molecule has 2 aromatic rings. The molecule has 3 nitrogen and oxygen atoms in total. The lowest BCUT2D eigenvalue weighted by molar-refractivity contribution is 0.0787. The smallest absolute Gasteiger partial charge is 0.0321 e. The second-order valence-corrected chi connectivity index (χ2v) is 7.00. The monoisotopic (exact) mass is 309 g/mol. The van der Waals surface area contributed by atoms with Gasteiger partial charge in [0.25, 0.3) is 0 Å². The molecule has 2 unspecified atom stereocenters. The third-order valence-corrected chi connectivity index (χ3v) is 5.70. The minimum Gasteiger partial charge on any atom is -0.315 e. The van der Waals surface area contributed by atoms with Crippen LogP contribution in [0.15, 0.2) is 42.5 Å². The highest BCUT2D eigenvalue weighted by Gasteiger charge is 2.27. The molecule has 0 spiro atoms. The Bertz CT molecular complexity index is 655. The zero-order valence-corrected chi connectivity index (χ0v) is 14.0. The number of hydrogen-bond acceptors (Lipinski definition) is 3. The molecular formula is C20H27N3. The minimum absolute atomic E-state index is 0.503. The molecule has 0 aliphatic carbocycles. The molecule has 2 aliphatic rings. The van der Waals surface area contributed by atoms with Crippen LogP contribution in [0.3, 0.4) is 0 Å². The average molecular weight is 309 g/mol. The Hall–Kier alpha value is -1.42. The van der Waals surface area contributed by atoms with E-state index in [4.69, 9.17) is 0 Å². The molecule has 0 amide bonds. The quantitative estimate of drug-likeness (QED) is 0.940. The predicted octanol–water partition coefficient (Wildman–Crippen LogP) is 2.88. The highest BCUT2D eigenvalue weighted by molar-refractivity contribution is 5.83. The van der Waals surface area contributed by atoms with Crippen molar-refractivity contribution in [1.82, 2.24) is 15.1 Å². The molecule has 0 radical (unpaired) electrons. The maximum atomic E-state index is 3.49. The van der Waals surface area contributed by atoms with Crippen LogP contribution in [0, 0.1) is 0 Å². The zero-order valence-electron chi connectivity index (χ0n) is 14.0. The van der Waals surface area contributed by atoms with Crippen molar-refractivity contribution in [1.29, 1.82) is 0 Å². The number of hydrogen-bond donors (Lipinski definition) is 1. The Morgan fingerprint density at radius 1 is 1.00 bits per heavy atom. The van der Waals surface area contributed by atoms with Gasteiger partial charge in [-0.15, -0.1) is 0 Å². The summed E-state index contributed by atoms with van der Waals surface area (Å²) in [5.74, 6) is 0. The van der Waals surface area contributed by atoms with Gasteiger partial charge in [-0.05, 0) is 42.3 Å². The van der Waals surface area contributed by atoms with Gasteiger partial charge in [0.15, 0.2) is 0 Å². The van der Waals surface area contributed by atoms with E-state index in [2.05, 4.69) is 64.5 Å². The van der Waals surface area contributed by atoms with E-state index in [0.29, 0.717) is 6.04 Å². The van der Waals surface area contributed by atoms with Crippen LogP contribution in [0.2, 0.25) is 0 Å². The van der Waals surface area contributed by atoms with Crippen molar-refractivity contribution in [2.75, 3.05) is 39.3 Å². The molecule has 23 heavy (non-hydrogen) atoms. The van der Waals surface area contributed by atoms with Crippen LogP contribution in [0.1, 0.15) is 24.9 Å². The van der Waals surface area contributed by atoms with Gasteiger partial charge in [-0.25, -0.2) is 0 Å². The Labute approximate surface area is 139 Å². The lowest BCUT2D eigenvalue weighted by atomic mass is 10.0. The van der Waals surface area contributed by atoms with E-state index in [1.165, 1.54) is 62.0 Å². The first-order chi connectivity index (χ1) is 11.3. The van der Waals surface area contributed by atoms with Crippen LogP contribution >= 0.6 is 0 Å². The van der Waals surface area contributed by atoms with Crippen molar-refractivity contribution in [2.45, 2.75) is 25.4 Å². The molecule has 2 aliphatic heterocycles. The summed E-state index contributed by atoms with van der Waals surface area (Å²) in [6, 6.07) is 16.9. The number of benzene rings is 2. The van der Waals surface area contributed by atoms with E-state index in [9.17, 15) is 0 Å². The number of piperazine rings is 1. The maximum absolute atomic E-state index is 3.49. The van der Waals surface area contributed by atoms with E-state index in [0.717, 1.165) is 6.04 Å². The van der Waals surface area contributed by atoms with Crippen LogP contribution in [-0.2, 0) is 0 Å². The Morgan fingerprint density at radius 2 is 1.78 bits per heavy atom. The average Bonchev–Trinajstić information content (AvgIpc) is 3.15. The summed E-state index contributed by atoms with van der Waals surface area (Å²) in [7, 11) is 0. The van der Waals surface area contributed by atoms with Gasteiger partial charge in [-0.1, -0.05) is 36.4 Å². The number of fused-ring (bicyclic) bond motifs is 1. The fourth-order valence-electron chi connectivity index (χ4n) is 4.12. The van der Waals surface area contributed by atoms with Crippen molar-refractivity contribution >= 4 is 10.8 Å². The lowest BCUT2D eigenvalue weighted by Crippen LogP contribution is -2.51. The van der Waals surface area contributed by atoms with Crippen molar-refractivity contribution in [3.63, 3.8) is 0 Å². The van der Waals surface area contributed by atoms with Crippen molar-refractivity contribution < 1.29 is 0 Å². The third-order valence-electron chi connectivity index (χ3n) is 5.70. The first-order valence-electron chi connectivity index (χ1n) is 8.99. The Kier molecular flexibility index (Phi) is 4.34. The van der Waals surface area contributed by atoms with Gasteiger partial charge >= 0.3 is 0 Å². The SMILES string of the molecule is CC(c1ccc2ccccc2c1)N1CCN(C2CCNC2)CC1. The van der Waals surface area contributed by atoms with E-state index in [-0.39, 0.29) is 0 Å². The highest BCUT2D eigenvalue weighted by atomic mass is 15.3. The van der Waals surface area contributed by atoms with E-state index in [1.807, 2.05) is 0 Å². The summed E-state index contributed by atoms with van der Waals surface area (Å²) in [6.45, 7) is 9.53. The standard InChI is InChI=1S/C20H27N3/c1-16(18-7-6-17-4-2-3-5-19(17)14-18)22-10-12-23(13-11-22)20-8-9-21-15-20/h2-7,14,16,20-21H,8-13,15H2,1H3. The van der Waals surface area contributed by atoms with Crippen molar-refractivity contribution in [3.05, 3.63) is 48.0 Å². The fraction of sp³-hybridized carbons (Fsp3) is 0.500. The normalized spacial score (nSPS) is 25.0. The fourth-order valence-corrected chi connectivity index (χ4v) is 4.12. The molecule has 2 saturated heterocycles. The summed E-state index contributed by atoms with van der Waals surface area (Å²) < 4.78 is 0. The molecular weight excluding hydrogens is 282 g/mol. The minimum atomic E-state index is 0.503. The molecule has 122 valence electrons. The van der Waals surface area contributed by atoms with Gasteiger partial charge in [0.2, 0.25) is 0 Å². The van der Waals surface area contributed by atoms with E-state index in [1.54, 1.807) is 0 Å². The van der Waals surface area contributed by atoms with Crippen LogP contribution in [0.4, 0.5) is 0 Å². The van der Waals surface area contributed by atoms with Gasteiger partial charge in [0.05, 0.1) is 0 Å². The molecule has 2 heterocycles. The Balaban J connectivity index is 1.43. The largest absolute Gasteiger partial charge is 0.315 e. The van der Waals surface area contributed by atoms with Gasteiger partial charge in [-0.3, -0.25) is 9.80 Å². The predicted molar refractivity (Wildman–Crippen MR) is 96.8 cm³/mol. The van der Waals surface area contributed by atoms with Crippen molar-refractivity contribution in [3.8, 4) is 0 Å². The van der Waals surface area contributed by atoms with Gasteiger partial charge < -0.3 is 5.32 Å². The molecule has 2 atom stereocenters. The molecule has 0 aromatic heterocycles. The molecule has 1 N–H and O–H groups in total. The molecule has 2 aromatic carbocycles. The zero-order chi connectivity index (χ0) is 15.6. The summed E-state index contributed by atoms with van der Waals surface area (Å²) >= 11 is 0. The van der Waals surface area contributed by atoms with Gasteiger partial charge in [0.1, 0.15) is 0 Å².